The van der Waals surface area contributed by atoms with Gasteiger partial charge in [0.1, 0.15) is 0 Å². The number of aromatic amines is 1. The van der Waals surface area contributed by atoms with Crippen LogP contribution in [0.25, 0.3) is 39.0 Å². The molecular weight excluding hydrogens is 380 g/mol. The molecule has 0 saturated heterocycles. The Balaban J connectivity index is 1.57. The summed E-state index contributed by atoms with van der Waals surface area (Å²) in [6.07, 6.45) is 1.84. The lowest BCUT2D eigenvalue weighted by molar-refractivity contribution is 0.0492. The fourth-order valence-corrected chi connectivity index (χ4v) is 3.50. The SMILES string of the molecule is COCOc1ccc(-c2ccc3cnn(-c4nc5ccccc5[nH]4)c3c2)cc1OC. The maximum Gasteiger partial charge on any atom is 0.229 e. The van der Waals surface area contributed by atoms with Gasteiger partial charge in [0.2, 0.25) is 5.95 Å². The molecule has 3 aromatic carbocycles. The second-order valence-corrected chi connectivity index (χ2v) is 6.82. The van der Waals surface area contributed by atoms with Crippen LogP contribution in [0.5, 0.6) is 11.5 Å². The molecule has 5 aromatic rings. The lowest BCUT2D eigenvalue weighted by Crippen LogP contribution is -2.00. The minimum atomic E-state index is 0.165. The van der Waals surface area contributed by atoms with Crippen LogP contribution in [0, 0.1) is 0 Å². The number of aromatic nitrogens is 4. The monoisotopic (exact) mass is 400 g/mol. The number of nitrogens with zero attached hydrogens (tertiary/aromatic N) is 3. The number of benzene rings is 3. The molecule has 0 radical (unpaired) electrons. The lowest BCUT2D eigenvalue weighted by Gasteiger charge is -2.12. The van der Waals surface area contributed by atoms with Crippen LogP contribution in [0.2, 0.25) is 0 Å². The van der Waals surface area contributed by atoms with E-state index in [2.05, 4.69) is 33.3 Å². The standard InChI is InChI=1S/C23H20N4O3/c1-28-14-30-21-10-9-16(12-22(21)29-2)15-7-8-17-13-24-27(20(17)11-15)23-25-18-5-3-4-6-19(18)26-23/h3-13H,14H2,1-2H3,(H,25,26). The average Bonchev–Trinajstić information content (AvgIpc) is 3.40. The summed E-state index contributed by atoms with van der Waals surface area (Å²) in [7, 11) is 3.21. The van der Waals surface area contributed by atoms with E-state index in [9.17, 15) is 0 Å². The van der Waals surface area contributed by atoms with Crippen LogP contribution in [-0.4, -0.2) is 40.8 Å². The van der Waals surface area contributed by atoms with Crippen LogP contribution in [0.15, 0.2) is 66.9 Å². The Morgan fingerprint density at radius 2 is 1.77 bits per heavy atom. The van der Waals surface area contributed by atoms with Gasteiger partial charge in [-0.3, -0.25) is 0 Å². The maximum atomic E-state index is 5.56. The van der Waals surface area contributed by atoms with Crippen molar-refractivity contribution in [3.63, 3.8) is 0 Å². The Bertz CT molecular complexity index is 1310. The molecule has 0 aliphatic carbocycles. The smallest absolute Gasteiger partial charge is 0.229 e. The summed E-state index contributed by atoms with van der Waals surface area (Å²) in [6, 6.07) is 20.0. The highest BCUT2D eigenvalue weighted by Gasteiger charge is 2.12. The molecule has 0 unspecified atom stereocenters. The number of hydrogen-bond acceptors (Lipinski definition) is 5. The largest absolute Gasteiger partial charge is 0.493 e. The molecule has 0 atom stereocenters. The van der Waals surface area contributed by atoms with E-state index in [4.69, 9.17) is 14.2 Å². The van der Waals surface area contributed by atoms with E-state index in [1.54, 1.807) is 14.2 Å². The van der Waals surface area contributed by atoms with Gasteiger partial charge in [-0.15, -0.1) is 0 Å². The number of imidazole rings is 1. The van der Waals surface area contributed by atoms with Crippen LogP contribution < -0.4 is 9.47 Å². The van der Waals surface area contributed by atoms with Gasteiger partial charge in [0.05, 0.1) is 29.9 Å². The van der Waals surface area contributed by atoms with Gasteiger partial charge < -0.3 is 19.2 Å². The van der Waals surface area contributed by atoms with Crippen molar-refractivity contribution in [1.82, 2.24) is 19.7 Å². The van der Waals surface area contributed by atoms with E-state index < -0.39 is 0 Å². The van der Waals surface area contributed by atoms with Gasteiger partial charge in [0, 0.05) is 12.5 Å². The zero-order chi connectivity index (χ0) is 20.5. The van der Waals surface area contributed by atoms with Crippen molar-refractivity contribution in [3.8, 4) is 28.6 Å². The van der Waals surface area contributed by atoms with Crippen LogP contribution in [0.4, 0.5) is 0 Å². The molecule has 0 amide bonds. The molecule has 0 fully saturated rings. The number of hydrogen-bond donors (Lipinski definition) is 1. The van der Waals surface area contributed by atoms with Gasteiger partial charge in [0.15, 0.2) is 18.3 Å². The molecule has 0 bridgehead atoms. The first-order chi connectivity index (χ1) is 14.8. The molecule has 5 rings (SSSR count). The highest BCUT2D eigenvalue weighted by Crippen LogP contribution is 2.34. The average molecular weight is 400 g/mol. The van der Waals surface area contributed by atoms with Crippen molar-refractivity contribution in [2.45, 2.75) is 0 Å². The number of H-pyrrole nitrogens is 1. The summed E-state index contributed by atoms with van der Waals surface area (Å²) in [5.41, 5.74) is 4.89. The molecule has 7 nitrogen and oxygen atoms in total. The zero-order valence-corrected chi connectivity index (χ0v) is 16.6. The highest BCUT2D eigenvalue weighted by atomic mass is 16.7. The summed E-state index contributed by atoms with van der Waals surface area (Å²) in [5.74, 6) is 1.97. The zero-order valence-electron chi connectivity index (χ0n) is 16.6. The summed E-state index contributed by atoms with van der Waals surface area (Å²) in [6.45, 7) is 0.165. The Morgan fingerprint density at radius 3 is 2.60 bits per heavy atom. The van der Waals surface area contributed by atoms with Gasteiger partial charge in [-0.25, -0.2) is 4.98 Å². The van der Waals surface area contributed by atoms with E-state index in [1.165, 1.54) is 0 Å². The second kappa shape index (κ2) is 7.53. The molecule has 0 spiro atoms. The summed E-state index contributed by atoms with van der Waals surface area (Å²) in [5, 5.41) is 5.58. The number of para-hydroxylation sites is 2. The van der Waals surface area contributed by atoms with E-state index in [0.29, 0.717) is 17.4 Å². The van der Waals surface area contributed by atoms with E-state index in [1.807, 2.05) is 53.3 Å². The van der Waals surface area contributed by atoms with Crippen molar-refractivity contribution >= 4 is 21.9 Å². The molecule has 150 valence electrons. The first kappa shape index (κ1) is 18.2. The van der Waals surface area contributed by atoms with Gasteiger partial charge in [-0.05, 0) is 41.5 Å². The van der Waals surface area contributed by atoms with Gasteiger partial charge in [-0.2, -0.15) is 9.78 Å². The normalized spacial score (nSPS) is 11.3. The highest BCUT2D eigenvalue weighted by molar-refractivity contribution is 5.86. The van der Waals surface area contributed by atoms with Crippen molar-refractivity contribution in [2.24, 2.45) is 0 Å². The van der Waals surface area contributed by atoms with Crippen LogP contribution in [0.1, 0.15) is 0 Å². The summed E-state index contributed by atoms with van der Waals surface area (Å²) in [4.78, 5) is 8.01. The van der Waals surface area contributed by atoms with Crippen LogP contribution in [-0.2, 0) is 4.74 Å². The minimum absolute atomic E-state index is 0.165. The topological polar surface area (TPSA) is 74.2 Å². The van der Waals surface area contributed by atoms with Gasteiger partial charge in [-0.1, -0.05) is 30.3 Å². The maximum absolute atomic E-state index is 5.56. The fourth-order valence-electron chi connectivity index (χ4n) is 3.50. The number of methoxy groups -OCH3 is 2. The Kier molecular flexibility index (Phi) is 4.57. The van der Waals surface area contributed by atoms with Crippen molar-refractivity contribution in [3.05, 3.63) is 66.9 Å². The van der Waals surface area contributed by atoms with Crippen LogP contribution in [0.3, 0.4) is 0 Å². The molecule has 0 aliphatic heterocycles. The van der Waals surface area contributed by atoms with Gasteiger partial charge >= 0.3 is 0 Å². The lowest BCUT2D eigenvalue weighted by atomic mass is 10.0. The number of nitrogens with one attached hydrogen (secondary N) is 1. The Morgan fingerprint density at radius 1 is 0.933 bits per heavy atom. The van der Waals surface area contributed by atoms with Crippen molar-refractivity contribution in [1.29, 1.82) is 0 Å². The Hall–Kier alpha value is -3.84. The predicted molar refractivity (Wildman–Crippen MR) is 115 cm³/mol. The number of ether oxygens (including phenoxy) is 3. The molecular formula is C23H20N4O3. The van der Waals surface area contributed by atoms with Gasteiger partial charge in [0.25, 0.3) is 0 Å². The molecule has 7 heteroatoms. The summed E-state index contributed by atoms with van der Waals surface area (Å²) >= 11 is 0. The first-order valence-electron chi connectivity index (χ1n) is 9.50. The Labute approximate surface area is 172 Å². The molecule has 30 heavy (non-hydrogen) atoms. The number of rotatable bonds is 6. The number of fused-ring (bicyclic) bond motifs is 2. The van der Waals surface area contributed by atoms with Crippen molar-refractivity contribution in [2.75, 3.05) is 21.0 Å². The van der Waals surface area contributed by atoms with E-state index >= 15 is 0 Å². The summed E-state index contributed by atoms with van der Waals surface area (Å²) < 4.78 is 17.9. The molecule has 0 aliphatic rings. The van der Waals surface area contributed by atoms with E-state index in [-0.39, 0.29) is 6.79 Å². The minimum Gasteiger partial charge on any atom is -0.493 e. The second-order valence-electron chi connectivity index (χ2n) is 6.82. The fraction of sp³-hybridized carbons (Fsp3) is 0.130. The molecule has 2 aromatic heterocycles. The van der Waals surface area contributed by atoms with Crippen molar-refractivity contribution < 1.29 is 14.2 Å². The quantitative estimate of drug-likeness (QED) is 0.423. The third-order valence-electron chi connectivity index (χ3n) is 4.98. The molecule has 2 heterocycles. The third-order valence-corrected chi connectivity index (χ3v) is 4.98. The molecule has 1 N–H and O–H groups in total. The first-order valence-corrected chi connectivity index (χ1v) is 9.50. The molecule has 0 saturated carbocycles. The third kappa shape index (κ3) is 3.15. The van der Waals surface area contributed by atoms with E-state index in [0.717, 1.165) is 33.1 Å². The van der Waals surface area contributed by atoms with Crippen LogP contribution >= 0.6 is 0 Å². The predicted octanol–water partition coefficient (Wildman–Crippen LogP) is 4.56.